The summed E-state index contributed by atoms with van der Waals surface area (Å²) in [6, 6.07) is 0. The van der Waals surface area contributed by atoms with E-state index in [9.17, 15) is 19.5 Å². The Balaban J connectivity index is 4.39. The molecular formula is C50H88NO8+. The normalized spacial score (nSPS) is 13.4. The molecule has 0 bridgehead atoms. The molecule has 0 aliphatic carbocycles. The number of hydrogen-bond acceptors (Lipinski definition) is 7. The fraction of sp³-hybridized carbons (Fsp3) is 0.740. The molecule has 340 valence electrons. The summed E-state index contributed by atoms with van der Waals surface area (Å²) in [6.45, 7) is 4.69. The number of rotatable bonds is 42. The lowest BCUT2D eigenvalue weighted by atomic mass is 10.1. The molecule has 0 heterocycles. The minimum absolute atomic E-state index is 0.179. The fourth-order valence-electron chi connectivity index (χ4n) is 6.11. The van der Waals surface area contributed by atoms with Crippen LogP contribution in [0.1, 0.15) is 181 Å². The topological polar surface area (TPSA) is 108 Å². The molecule has 1 N–H and O–H groups in total. The number of aliphatic carboxylic acids is 1. The number of nitrogens with zero attached hydrogens (tertiary/aromatic N) is 1. The first kappa shape index (κ1) is 56.0. The highest BCUT2D eigenvalue weighted by Crippen LogP contribution is 2.13. The van der Waals surface area contributed by atoms with Gasteiger partial charge in [-0.05, 0) is 77.0 Å². The number of hydrogen-bond donors (Lipinski definition) is 1. The smallest absolute Gasteiger partial charge is 0.361 e. The zero-order valence-corrected chi connectivity index (χ0v) is 38.4. The summed E-state index contributed by atoms with van der Waals surface area (Å²) in [5, 5.41) is 9.63. The number of carboxylic acids is 1. The summed E-state index contributed by atoms with van der Waals surface area (Å²) in [6.07, 6.45) is 47.2. The van der Waals surface area contributed by atoms with Crippen LogP contribution in [0.25, 0.3) is 0 Å². The number of ether oxygens (including phenoxy) is 4. The molecule has 0 radical (unpaired) electrons. The SMILES string of the molecule is CC/C=C\C/C=C\C/C=C\CCCCCC(=O)OC(COC(=O)CCCCCCCCCCC/C=C\C/C=C\CCCCCCC)COC(OCC[N+](C)(C)C)C(=O)O. The third-order valence-electron chi connectivity index (χ3n) is 9.76. The standard InChI is InChI=1S/C50H87NO8/c1-6-8-10-12-14-16-18-20-21-22-23-24-25-26-27-29-30-32-34-36-38-40-47(52)57-44-46(45-58-50(49(54)55)56-43-42-51(3,4)5)59-48(53)41-39-37-35-33-31-28-19-17-15-13-11-9-7-2/h9,11,15,17-18,20,22-23,28,31,46,50H,6-8,10,12-14,16,19,21,24-27,29-30,32-45H2,1-5H3/p+1/b11-9-,17-15-,20-18-,23-22-,31-28-. The summed E-state index contributed by atoms with van der Waals surface area (Å²) >= 11 is 0. The van der Waals surface area contributed by atoms with Crippen molar-refractivity contribution in [2.24, 2.45) is 0 Å². The predicted octanol–water partition coefficient (Wildman–Crippen LogP) is 12.6. The van der Waals surface area contributed by atoms with Gasteiger partial charge in [-0.2, -0.15) is 0 Å². The maximum atomic E-state index is 12.7. The van der Waals surface area contributed by atoms with E-state index in [1.807, 2.05) is 21.1 Å². The number of carboxylic acid groups (broad SMARTS) is 1. The third kappa shape index (κ3) is 42.9. The Kier molecular flexibility index (Phi) is 39.6. The van der Waals surface area contributed by atoms with E-state index >= 15 is 0 Å². The van der Waals surface area contributed by atoms with Crippen molar-refractivity contribution in [1.29, 1.82) is 0 Å². The molecule has 2 unspecified atom stereocenters. The van der Waals surface area contributed by atoms with E-state index in [-0.39, 0.29) is 38.6 Å². The molecule has 0 saturated heterocycles. The highest BCUT2D eigenvalue weighted by molar-refractivity contribution is 5.71. The van der Waals surface area contributed by atoms with Crippen molar-refractivity contribution in [3.8, 4) is 0 Å². The van der Waals surface area contributed by atoms with Crippen LogP contribution in [0.15, 0.2) is 60.8 Å². The number of esters is 2. The summed E-state index contributed by atoms with van der Waals surface area (Å²) in [7, 11) is 5.94. The number of allylic oxidation sites excluding steroid dienone is 10. The lowest BCUT2D eigenvalue weighted by Crippen LogP contribution is -2.40. The van der Waals surface area contributed by atoms with Gasteiger partial charge in [-0.15, -0.1) is 0 Å². The van der Waals surface area contributed by atoms with Crippen molar-refractivity contribution < 1.29 is 42.9 Å². The van der Waals surface area contributed by atoms with Crippen LogP contribution >= 0.6 is 0 Å². The van der Waals surface area contributed by atoms with Crippen LogP contribution in [-0.4, -0.2) is 87.4 Å². The summed E-state index contributed by atoms with van der Waals surface area (Å²) in [5.74, 6) is -2.06. The summed E-state index contributed by atoms with van der Waals surface area (Å²) in [4.78, 5) is 37.1. The maximum Gasteiger partial charge on any atom is 0.361 e. The molecule has 9 heteroatoms. The molecule has 9 nitrogen and oxygen atoms in total. The Hall–Kier alpha value is -3.01. The molecule has 0 spiro atoms. The minimum Gasteiger partial charge on any atom is -0.477 e. The van der Waals surface area contributed by atoms with E-state index in [4.69, 9.17) is 18.9 Å². The largest absolute Gasteiger partial charge is 0.477 e. The van der Waals surface area contributed by atoms with Gasteiger partial charge in [-0.3, -0.25) is 9.59 Å². The molecule has 2 atom stereocenters. The van der Waals surface area contributed by atoms with Gasteiger partial charge in [-0.1, -0.05) is 152 Å². The average Bonchev–Trinajstić information content (AvgIpc) is 3.19. The highest BCUT2D eigenvalue weighted by Gasteiger charge is 2.25. The van der Waals surface area contributed by atoms with E-state index in [0.29, 0.717) is 17.4 Å². The maximum absolute atomic E-state index is 12.7. The lowest BCUT2D eigenvalue weighted by molar-refractivity contribution is -0.870. The highest BCUT2D eigenvalue weighted by atomic mass is 16.7. The monoisotopic (exact) mass is 831 g/mol. The molecule has 0 aliphatic heterocycles. The molecule has 59 heavy (non-hydrogen) atoms. The third-order valence-corrected chi connectivity index (χ3v) is 9.76. The van der Waals surface area contributed by atoms with Crippen LogP contribution in [0.3, 0.4) is 0 Å². The fourth-order valence-corrected chi connectivity index (χ4v) is 6.11. The van der Waals surface area contributed by atoms with Crippen LogP contribution in [0.4, 0.5) is 0 Å². The van der Waals surface area contributed by atoms with E-state index in [2.05, 4.69) is 74.6 Å². The van der Waals surface area contributed by atoms with Crippen molar-refractivity contribution in [2.75, 3.05) is 47.5 Å². The van der Waals surface area contributed by atoms with E-state index < -0.39 is 24.3 Å². The van der Waals surface area contributed by atoms with Crippen LogP contribution in [0.2, 0.25) is 0 Å². The zero-order chi connectivity index (χ0) is 43.5. The molecule has 0 aliphatic rings. The number of carbonyl (C=O) groups is 3. The molecule has 0 aromatic rings. The summed E-state index contributed by atoms with van der Waals surface area (Å²) in [5.41, 5.74) is 0. The Bertz CT molecular complexity index is 1150. The second-order valence-electron chi connectivity index (χ2n) is 16.7. The van der Waals surface area contributed by atoms with Gasteiger partial charge in [0.25, 0.3) is 6.29 Å². The Labute approximate surface area is 361 Å². The Morgan fingerprint density at radius 1 is 0.525 bits per heavy atom. The van der Waals surface area contributed by atoms with Gasteiger partial charge in [0.2, 0.25) is 0 Å². The van der Waals surface area contributed by atoms with Crippen molar-refractivity contribution in [2.45, 2.75) is 193 Å². The number of unbranched alkanes of at least 4 members (excludes halogenated alkanes) is 17. The quantitative estimate of drug-likeness (QED) is 0.0213. The van der Waals surface area contributed by atoms with Gasteiger partial charge >= 0.3 is 17.9 Å². The Morgan fingerprint density at radius 3 is 1.46 bits per heavy atom. The van der Waals surface area contributed by atoms with Crippen LogP contribution in [0, 0.1) is 0 Å². The first-order valence-electron chi connectivity index (χ1n) is 23.5. The average molecular weight is 831 g/mol. The van der Waals surface area contributed by atoms with Crippen LogP contribution in [-0.2, 0) is 33.3 Å². The van der Waals surface area contributed by atoms with Crippen LogP contribution < -0.4 is 0 Å². The number of likely N-dealkylation sites (N-methyl/N-ethyl adjacent to an activating group) is 1. The first-order valence-corrected chi connectivity index (χ1v) is 23.5. The van der Waals surface area contributed by atoms with Gasteiger partial charge in [0.1, 0.15) is 13.2 Å². The second kappa shape index (κ2) is 41.7. The molecule has 0 saturated carbocycles. The van der Waals surface area contributed by atoms with E-state index in [0.717, 1.165) is 64.2 Å². The van der Waals surface area contributed by atoms with E-state index in [1.165, 1.54) is 83.5 Å². The van der Waals surface area contributed by atoms with Crippen molar-refractivity contribution in [3.05, 3.63) is 60.8 Å². The van der Waals surface area contributed by atoms with Gasteiger partial charge in [-0.25, -0.2) is 4.79 Å². The molecular weight excluding hydrogens is 743 g/mol. The Morgan fingerprint density at radius 2 is 0.966 bits per heavy atom. The molecule has 0 aromatic heterocycles. The first-order chi connectivity index (χ1) is 28.6. The van der Waals surface area contributed by atoms with Gasteiger partial charge in [0.05, 0.1) is 34.4 Å². The van der Waals surface area contributed by atoms with E-state index in [1.54, 1.807) is 0 Å². The summed E-state index contributed by atoms with van der Waals surface area (Å²) < 4.78 is 22.7. The molecule has 0 fully saturated rings. The van der Waals surface area contributed by atoms with Crippen molar-refractivity contribution in [1.82, 2.24) is 0 Å². The molecule has 0 rings (SSSR count). The van der Waals surface area contributed by atoms with Crippen LogP contribution in [0.5, 0.6) is 0 Å². The van der Waals surface area contributed by atoms with Gasteiger partial charge in [0.15, 0.2) is 6.10 Å². The zero-order valence-electron chi connectivity index (χ0n) is 38.4. The van der Waals surface area contributed by atoms with Gasteiger partial charge < -0.3 is 28.5 Å². The molecule has 0 aromatic carbocycles. The van der Waals surface area contributed by atoms with Gasteiger partial charge in [0, 0.05) is 12.8 Å². The second-order valence-corrected chi connectivity index (χ2v) is 16.7. The number of carbonyl (C=O) groups excluding carboxylic acids is 2. The minimum atomic E-state index is -1.52. The van der Waals surface area contributed by atoms with Crippen molar-refractivity contribution >= 4 is 17.9 Å². The molecule has 0 amide bonds. The number of quaternary nitrogens is 1. The predicted molar refractivity (Wildman–Crippen MR) is 244 cm³/mol. The van der Waals surface area contributed by atoms with Crippen molar-refractivity contribution in [3.63, 3.8) is 0 Å². The lowest BCUT2D eigenvalue weighted by Gasteiger charge is -2.25.